The summed E-state index contributed by atoms with van der Waals surface area (Å²) in [4.78, 5) is 6.08. The Morgan fingerprint density at radius 3 is 1.91 bits per heavy atom. The largest absolute Gasteiger partial charge is 0.405 e. The lowest BCUT2D eigenvalue weighted by Gasteiger charge is -2.45. The van der Waals surface area contributed by atoms with Crippen molar-refractivity contribution in [2.75, 3.05) is 39.3 Å². The molecule has 0 aromatic rings. The first-order valence-corrected chi connectivity index (χ1v) is 8.97. The lowest BCUT2D eigenvalue weighted by atomic mass is 9.94. The van der Waals surface area contributed by atoms with E-state index in [1.54, 1.807) is 4.90 Å². The van der Waals surface area contributed by atoms with Crippen LogP contribution in [0.5, 0.6) is 0 Å². The first-order valence-electron chi connectivity index (χ1n) is 8.97. The van der Waals surface area contributed by atoms with Crippen LogP contribution in [0.3, 0.4) is 0 Å². The van der Waals surface area contributed by atoms with Crippen LogP contribution in [-0.2, 0) is 0 Å². The monoisotopic (exact) mass is 335 g/mol. The lowest BCUT2D eigenvalue weighted by Crippen LogP contribution is -2.61. The Kier molecular flexibility index (Phi) is 6.36. The van der Waals surface area contributed by atoms with Crippen LogP contribution >= 0.6 is 0 Å². The van der Waals surface area contributed by atoms with Gasteiger partial charge in [0.1, 0.15) is 6.04 Å². The Morgan fingerprint density at radius 2 is 1.43 bits per heavy atom. The van der Waals surface area contributed by atoms with Crippen molar-refractivity contribution in [2.45, 2.75) is 64.8 Å². The van der Waals surface area contributed by atoms with E-state index in [0.717, 1.165) is 32.5 Å². The van der Waals surface area contributed by atoms with Gasteiger partial charge in [0.15, 0.2) is 0 Å². The summed E-state index contributed by atoms with van der Waals surface area (Å²) < 4.78 is 40.4. The fraction of sp³-hybridized carbons (Fsp3) is 1.00. The molecular formula is C17H32F3N3. The molecule has 0 aliphatic carbocycles. The molecule has 2 aliphatic heterocycles. The molecule has 2 rings (SSSR count). The second-order valence-corrected chi connectivity index (χ2v) is 7.71. The Morgan fingerprint density at radius 1 is 0.870 bits per heavy atom. The van der Waals surface area contributed by atoms with Crippen LogP contribution in [0.25, 0.3) is 0 Å². The molecule has 0 aromatic heterocycles. The summed E-state index contributed by atoms with van der Waals surface area (Å²) in [6, 6.07) is -0.591. The van der Waals surface area contributed by atoms with Crippen LogP contribution in [-0.4, -0.2) is 78.3 Å². The average Bonchev–Trinajstić information content (AvgIpc) is 2.46. The van der Waals surface area contributed by atoms with Gasteiger partial charge in [-0.05, 0) is 59.5 Å². The van der Waals surface area contributed by atoms with Gasteiger partial charge in [0.2, 0.25) is 0 Å². The van der Waals surface area contributed by atoms with Gasteiger partial charge in [-0.1, -0.05) is 0 Å². The van der Waals surface area contributed by atoms with Crippen molar-refractivity contribution in [3.63, 3.8) is 0 Å². The van der Waals surface area contributed by atoms with E-state index in [4.69, 9.17) is 0 Å². The fourth-order valence-corrected chi connectivity index (χ4v) is 3.82. The molecular weight excluding hydrogens is 303 g/mol. The van der Waals surface area contributed by atoms with Gasteiger partial charge in [0, 0.05) is 38.3 Å². The van der Waals surface area contributed by atoms with Crippen molar-refractivity contribution >= 4 is 0 Å². The number of piperidine rings is 1. The molecule has 0 N–H and O–H groups in total. The molecule has 0 amide bonds. The van der Waals surface area contributed by atoms with E-state index in [9.17, 15) is 13.2 Å². The minimum atomic E-state index is -4.13. The van der Waals surface area contributed by atoms with E-state index in [2.05, 4.69) is 18.7 Å². The third kappa shape index (κ3) is 5.07. The van der Waals surface area contributed by atoms with E-state index in [0.29, 0.717) is 25.0 Å². The Bertz CT molecular complexity index is 363. The number of hydrogen-bond donors (Lipinski definition) is 0. The van der Waals surface area contributed by atoms with Gasteiger partial charge in [-0.3, -0.25) is 9.80 Å². The molecule has 2 fully saturated rings. The molecule has 0 unspecified atom stereocenters. The van der Waals surface area contributed by atoms with Gasteiger partial charge < -0.3 is 4.90 Å². The Balaban J connectivity index is 1.93. The third-order valence-corrected chi connectivity index (χ3v) is 5.50. The summed E-state index contributed by atoms with van der Waals surface area (Å²) in [6.07, 6.45) is -2.09. The summed E-state index contributed by atoms with van der Waals surface area (Å²) in [7, 11) is 0. The molecule has 23 heavy (non-hydrogen) atoms. The molecule has 0 saturated carbocycles. The second-order valence-electron chi connectivity index (χ2n) is 7.71. The quantitative estimate of drug-likeness (QED) is 0.782. The molecule has 2 aliphatic rings. The van der Waals surface area contributed by atoms with Gasteiger partial charge in [0.05, 0.1) is 0 Å². The van der Waals surface area contributed by atoms with Gasteiger partial charge in [-0.2, -0.15) is 13.2 Å². The first-order chi connectivity index (χ1) is 10.7. The van der Waals surface area contributed by atoms with Crippen molar-refractivity contribution in [1.29, 1.82) is 0 Å². The van der Waals surface area contributed by atoms with Gasteiger partial charge in [0.25, 0.3) is 0 Å². The molecule has 0 aromatic carbocycles. The summed E-state index contributed by atoms with van der Waals surface area (Å²) in [5.41, 5.74) is 0. The fourth-order valence-electron chi connectivity index (χ4n) is 3.82. The van der Waals surface area contributed by atoms with Crippen molar-refractivity contribution in [3.8, 4) is 0 Å². The smallest absolute Gasteiger partial charge is 0.301 e. The van der Waals surface area contributed by atoms with E-state index in [1.165, 1.54) is 0 Å². The van der Waals surface area contributed by atoms with Gasteiger partial charge in [-0.25, -0.2) is 0 Å². The first kappa shape index (κ1) is 19.0. The molecule has 0 radical (unpaired) electrons. The van der Waals surface area contributed by atoms with E-state index in [-0.39, 0.29) is 12.6 Å². The van der Waals surface area contributed by atoms with Crippen LogP contribution in [0.1, 0.15) is 40.5 Å². The van der Waals surface area contributed by atoms with E-state index in [1.807, 2.05) is 18.7 Å². The highest BCUT2D eigenvalue weighted by Crippen LogP contribution is 2.30. The highest BCUT2D eigenvalue weighted by molar-refractivity contribution is 4.90. The topological polar surface area (TPSA) is 9.72 Å². The Labute approximate surface area is 138 Å². The van der Waals surface area contributed by atoms with Gasteiger partial charge >= 0.3 is 6.18 Å². The number of rotatable bonds is 4. The molecule has 2 saturated heterocycles. The summed E-state index contributed by atoms with van der Waals surface area (Å²) in [5.74, 6) is 0.403. The van der Waals surface area contributed by atoms with Crippen LogP contribution in [0, 0.1) is 5.92 Å². The zero-order valence-corrected chi connectivity index (χ0v) is 14.9. The van der Waals surface area contributed by atoms with Crippen molar-refractivity contribution in [2.24, 2.45) is 5.92 Å². The maximum atomic E-state index is 13.5. The number of halogens is 3. The maximum absolute atomic E-state index is 13.5. The molecule has 6 heteroatoms. The minimum Gasteiger partial charge on any atom is -0.301 e. The Hall–Kier alpha value is -0.330. The van der Waals surface area contributed by atoms with Crippen LogP contribution in [0.15, 0.2) is 0 Å². The van der Waals surface area contributed by atoms with Crippen LogP contribution in [0.4, 0.5) is 13.2 Å². The molecule has 3 nitrogen and oxygen atoms in total. The predicted molar refractivity (Wildman–Crippen MR) is 87.6 cm³/mol. The highest BCUT2D eigenvalue weighted by Gasteiger charge is 2.47. The number of nitrogens with zero attached hydrogens (tertiary/aromatic N) is 3. The number of piperazine rings is 1. The normalized spacial score (nSPS) is 27.3. The van der Waals surface area contributed by atoms with Crippen molar-refractivity contribution in [1.82, 2.24) is 14.7 Å². The standard InChI is InChI=1S/C17H32F3N3/c1-13(2)21-7-5-15(6-8-21)11-23-10-9-22(14(3)4)12-16(23)17(18,19)20/h13-16H,5-12H2,1-4H3/t16-/m0/s1. The summed E-state index contributed by atoms with van der Waals surface area (Å²) in [5, 5.41) is 0. The minimum absolute atomic E-state index is 0.117. The summed E-state index contributed by atoms with van der Waals surface area (Å²) in [6.45, 7) is 12.4. The van der Waals surface area contributed by atoms with Crippen molar-refractivity contribution < 1.29 is 13.2 Å². The third-order valence-electron chi connectivity index (χ3n) is 5.50. The van der Waals surface area contributed by atoms with Crippen molar-refractivity contribution in [3.05, 3.63) is 0 Å². The van der Waals surface area contributed by atoms with Gasteiger partial charge in [-0.15, -0.1) is 0 Å². The maximum Gasteiger partial charge on any atom is 0.405 e. The zero-order valence-electron chi connectivity index (χ0n) is 14.9. The average molecular weight is 335 g/mol. The predicted octanol–water partition coefficient (Wildman–Crippen LogP) is 3.06. The number of alkyl halides is 3. The van der Waals surface area contributed by atoms with E-state index < -0.39 is 12.2 Å². The molecule has 136 valence electrons. The number of hydrogen-bond acceptors (Lipinski definition) is 3. The second kappa shape index (κ2) is 7.70. The molecule has 1 atom stereocenters. The lowest BCUT2D eigenvalue weighted by molar-refractivity contribution is -0.200. The van der Waals surface area contributed by atoms with E-state index >= 15 is 0 Å². The number of likely N-dealkylation sites (tertiary alicyclic amines) is 1. The molecule has 2 heterocycles. The SMILES string of the molecule is CC(C)N1CCC(CN2CCN(C(C)C)C[C@H]2C(F)(F)F)CC1. The molecule has 0 bridgehead atoms. The molecule has 0 spiro atoms. The summed E-state index contributed by atoms with van der Waals surface area (Å²) >= 11 is 0. The highest BCUT2D eigenvalue weighted by atomic mass is 19.4. The van der Waals surface area contributed by atoms with Crippen LogP contribution < -0.4 is 0 Å². The van der Waals surface area contributed by atoms with Crippen LogP contribution in [0.2, 0.25) is 0 Å². The zero-order chi connectivity index (χ0) is 17.2.